The molecule has 0 saturated carbocycles. The number of rotatable bonds is 6. The molecule has 1 heteroatoms. The van der Waals surface area contributed by atoms with Crippen LogP contribution < -0.4 is 4.90 Å². The highest BCUT2D eigenvalue weighted by Crippen LogP contribution is 2.59. The maximum Gasteiger partial charge on any atom is 0.0714 e. The Labute approximate surface area is 338 Å². The second kappa shape index (κ2) is 13.2. The predicted molar refractivity (Wildman–Crippen MR) is 241 cm³/mol. The highest BCUT2D eigenvalue weighted by molar-refractivity contribution is 6.03. The molecule has 2 aliphatic rings. The van der Waals surface area contributed by atoms with Gasteiger partial charge in [0.15, 0.2) is 0 Å². The van der Waals surface area contributed by atoms with Gasteiger partial charge in [-0.1, -0.05) is 173 Å². The molecule has 0 saturated heterocycles. The lowest BCUT2D eigenvalue weighted by Crippen LogP contribution is -2.34. The molecular formula is C56H49N. The van der Waals surface area contributed by atoms with E-state index in [9.17, 15) is 0 Å². The number of hydrogen-bond donors (Lipinski definition) is 0. The Morgan fingerprint density at radius 3 is 1.65 bits per heavy atom. The first-order chi connectivity index (χ1) is 27.7. The van der Waals surface area contributed by atoms with Crippen LogP contribution in [0.15, 0.2) is 182 Å². The second-order valence-corrected chi connectivity index (χ2v) is 17.6. The summed E-state index contributed by atoms with van der Waals surface area (Å²) in [5.41, 5.74) is 17.7. The fourth-order valence-corrected chi connectivity index (χ4v) is 10.3. The summed E-state index contributed by atoms with van der Waals surface area (Å²) in [6.07, 6.45) is 2.36. The fraction of sp³-hybridized carbons (Fsp3) is 0.179. The normalized spacial score (nSPS) is 15.7. The monoisotopic (exact) mass is 735 g/mol. The van der Waals surface area contributed by atoms with Crippen LogP contribution in [-0.4, -0.2) is 0 Å². The van der Waals surface area contributed by atoms with Gasteiger partial charge in [0.2, 0.25) is 0 Å². The molecule has 10 rings (SSSR count). The molecule has 0 N–H and O–H groups in total. The SMILES string of the molecule is Cc1cc2c(cc1-c1cc3c(cc1N(c1ccccc1)c1cccc4ccccc14)C(c1ccccc1)(c1ccccc1)c1ccccc1-3)C(C)(C)CCC2(C)C. The first-order valence-electron chi connectivity index (χ1n) is 20.6. The first-order valence-corrected chi connectivity index (χ1v) is 20.6. The van der Waals surface area contributed by atoms with Gasteiger partial charge < -0.3 is 4.90 Å². The molecule has 0 amide bonds. The summed E-state index contributed by atoms with van der Waals surface area (Å²) in [6, 6.07) is 68.3. The number of anilines is 3. The molecule has 0 unspecified atom stereocenters. The summed E-state index contributed by atoms with van der Waals surface area (Å²) in [7, 11) is 0. The van der Waals surface area contributed by atoms with Gasteiger partial charge in [-0.25, -0.2) is 0 Å². The number of hydrogen-bond acceptors (Lipinski definition) is 1. The number of para-hydroxylation sites is 1. The molecule has 57 heavy (non-hydrogen) atoms. The Hall–Kier alpha value is -6.18. The van der Waals surface area contributed by atoms with E-state index in [-0.39, 0.29) is 10.8 Å². The van der Waals surface area contributed by atoms with Crippen LogP contribution in [-0.2, 0) is 16.2 Å². The minimum Gasteiger partial charge on any atom is -0.309 e. The van der Waals surface area contributed by atoms with Gasteiger partial charge in [0.1, 0.15) is 0 Å². The molecule has 0 bridgehead atoms. The Balaban J connectivity index is 1.38. The lowest BCUT2D eigenvalue weighted by atomic mass is 9.62. The predicted octanol–water partition coefficient (Wildman–Crippen LogP) is 15.0. The van der Waals surface area contributed by atoms with Crippen LogP contribution in [0.1, 0.15) is 79.5 Å². The summed E-state index contributed by atoms with van der Waals surface area (Å²) >= 11 is 0. The van der Waals surface area contributed by atoms with E-state index in [0.29, 0.717) is 0 Å². The summed E-state index contributed by atoms with van der Waals surface area (Å²) in [4.78, 5) is 2.54. The molecule has 278 valence electrons. The fourth-order valence-electron chi connectivity index (χ4n) is 10.3. The van der Waals surface area contributed by atoms with Gasteiger partial charge in [-0.05, 0) is 128 Å². The highest BCUT2D eigenvalue weighted by atomic mass is 15.1. The van der Waals surface area contributed by atoms with Crippen LogP contribution in [0.4, 0.5) is 17.1 Å². The molecule has 8 aromatic carbocycles. The quantitative estimate of drug-likeness (QED) is 0.164. The third-order valence-corrected chi connectivity index (χ3v) is 13.3. The van der Waals surface area contributed by atoms with E-state index < -0.39 is 5.41 Å². The zero-order valence-electron chi connectivity index (χ0n) is 33.7. The minimum absolute atomic E-state index is 0.0708. The zero-order valence-corrected chi connectivity index (χ0v) is 33.7. The summed E-state index contributed by atoms with van der Waals surface area (Å²) < 4.78 is 0. The first kappa shape index (κ1) is 35.2. The summed E-state index contributed by atoms with van der Waals surface area (Å²) in [5.74, 6) is 0. The van der Waals surface area contributed by atoms with Crippen LogP contribution in [0, 0.1) is 6.92 Å². The summed E-state index contributed by atoms with van der Waals surface area (Å²) in [5, 5.41) is 2.45. The van der Waals surface area contributed by atoms with Crippen LogP contribution in [0.25, 0.3) is 33.0 Å². The average Bonchev–Trinajstić information content (AvgIpc) is 3.53. The van der Waals surface area contributed by atoms with Gasteiger partial charge in [-0.3, -0.25) is 0 Å². The van der Waals surface area contributed by atoms with Crippen LogP contribution >= 0.6 is 0 Å². The highest BCUT2D eigenvalue weighted by Gasteiger charge is 2.47. The van der Waals surface area contributed by atoms with Gasteiger partial charge in [-0.2, -0.15) is 0 Å². The maximum absolute atomic E-state index is 2.57. The van der Waals surface area contributed by atoms with Crippen LogP contribution in [0.3, 0.4) is 0 Å². The maximum atomic E-state index is 2.57. The van der Waals surface area contributed by atoms with Crippen LogP contribution in [0.5, 0.6) is 0 Å². The molecule has 0 fully saturated rings. The number of benzene rings is 8. The van der Waals surface area contributed by atoms with Crippen molar-refractivity contribution >= 4 is 27.8 Å². The van der Waals surface area contributed by atoms with E-state index in [0.717, 1.165) is 11.4 Å². The lowest BCUT2D eigenvalue weighted by molar-refractivity contribution is 0.332. The molecular weight excluding hydrogens is 687 g/mol. The van der Waals surface area contributed by atoms with E-state index in [2.05, 4.69) is 222 Å². The van der Waals surface area contributed by atoms with E-state index in [4.69, 9.17) is 0 Å². The van der Waals surface area contributed by atoms with Gasteiger partial charge in [0.25, 0.3) is 0 Å². The van der Waals surface area contributed by atoms with Gasteiger partial charge in [0, 0.05) is 16.6 Å². The second-order valence-electron chi connectivity index (χ2n) is 17.6. The topological polar surface area (TPSA) is 3.24 Å². The molecule has 1 nitrogen and oxygen atoms in total. The van der Waals surface area contributed by atoms with Crippen molar-refractivity contribution in [2.75, 3.05) is 4.90 Å². The van der Waals surface area contributed by atoms with Gasteiger partial charge >= 0.3 is 0 Å². The summed E-state index contributed by atoms with van der Waals surface area (Å²) in [6.45, 7) is 12.1. The Morgan fingerprint density at radius 2 is 0.965 bits per heavy atom. The lowest BCUT2D eigenvalue weighted by Gasteiger charge is -2.42. The molecule has 0 aliphatic heterocycles. The van der Waals surface area contributed by atoms with Gasteiger partial charge in [-0.15, -0.1) is 0 Å². The van der Waals surface area contributed by atoms with E-state index in [1.54, 1.807) is 0 Å². The zero-order chi connectivity index (χ0) is 38.9. The Kier molecular flexibility index (Phi) is 8.17. The van der Waals surface area contributed by atoms with E-state index >= 15 is 0 Å². The molecule has 2 aliphatic carbocycles. The Morgan fingerprint density at radius 1 is 0.404 bits per heavy atom. The molecule has 0 spiro atoms. The molecule has 8 aromatic rings. The number of aryl methyl sites for hydroxylation is 1. The third kappa shape index (κ3) is 5.43. The number of nitrogens with zero attached hydrogens (tertiary/aromatic N) is 1. The van der Waals surface area contributed by atoms with E-state index in [1.165, 1.54) is 90.5 Å². The molecule has 0 heterocycles. The van der Waals surface area contributed by atoms with Crippen molar-refractivity contribution in [1.82, 2.24) is 0 Å². The van der Waals surface area contributed by atoms with Crippen molar-refractivity contribution in [3.05, 3.63) is 221 Å². The van der Waals surface area contributed by atoms with Crippen molar-refractivity contribution in [1.29, 1.82) is 0 Å². The average molecular weight is 736 g/mol. The number of fused-ring (bicyclic) bond motifs is 5. The largest absolute Gasteiger partial charge is 0.309 e. The molecule has 0 atom stereocenters. The Bertz CT molecular complexity index is 2750. The van der Waals surface area contributed by atoms with Crippen LogP contribution in [0.2, 0.25) is 0 Å². The van der Waals surface area contributed by atoms with Crippen molar-refractivity contribution in [3.8, 4) is 22.3 Å². The van der Waals surface area contributed by atoms with E-state index in [1.807, 2.05) is 0 Å². The van der Waals surface area contributed by atoms with Gasteiger partial charge in [0.05, 0.1) is 16.8 Å². The van der Waals surface area contributed by atoms with Crippen molar-refractivity contribution < 1.29 is 0 Å². The molecule has 0 aromatic heterocycles. The smallest absolute Gasteiger partial charge is 0.0714 e. The standard InChI is InChI=1S/C56H49N/c1-38-34-50-51(55(4,5)33-32-54(50,2)3)36-45(38)47-35-46-44-29-17-18-30-48(44)56(40-22-9-6-10-23-40,41-24-11-7-12-25-41)49(46)37-53(47)57(42-26-13-8-14-27-42)52-31-19-21-39-20-15-16-28-43(39)52/h6-31,34-37H,32-33H2,1-5H3. The third-order valence-electron chi connectivity index (χ3n) is 13.3. The van der Waals surface area contributed by atoms with Crippen molar-refractivity contribution in [2.24, 2.45) is 0 Å². The van der Waals surface area contributed by atoms with Crippen molar-refractivity contribution in [3.63, 3.8) is 0 Å². The molecule has 0 radical (unpaired) electrons. The minimum atomic E-state index is -0.528. The van der Waals surface area contributed by atoms with Crippen molar-refractivity contribution in [2.45, 2.75) is 63.7 Å².